The number of rotatable bonds is 3. The molecular weight excluding hydrogens is 415 g/mol. The summed E-state index contributed by atoms with van der Waals surface area (Å²) in [6.45, 7) is 2.15. The van der Waals surface area contributed by atoms with Gasteiger partial charge in [0, 0.05) is 8.95 Å². The summed E-state index contributed by atoms with van der Waals surface area (Å²) < 4.78 is 4.27. The fourth-order valence-electron chi connectivity index (χ4n) is 2.51. The van der Waals surface area contributed by atoms with E-state index in [1.807, 2.05) is 12.1 Å². The molecule has 0 N–H and O–H groups in total. The first-order valence-electron chi connectivity index (χ1n) is 6.65. The van der Waals surface area contributed by atoms with E-state index in [2.05, 4.69) is 72.6 Å². The average Bonchev–Trinajstić information content (AvgIpc) is 2.84. The molecule has 0 saturated heterocycles. The van der Waals surface area contributed by atoms with Crippen molar-refractivity contribution < 1.29 is 0 Å². The van der Waals surface area contributed by atoms with Gasteiger partial charge in [-0.05, 0) is 48.4 Å². The van der Waals surface area contributed by atoms with E-state index in [9.17, 15) is 0 Å². The SMILES string of the molecule is CCc1cc(Br)ccc1-n1c(CCl)nc2ccc(Br)cc21. The number of fused-ring (bicyclic) bond motifs is 1. The van der Waals surface area contributed by atoms with Crippen LogP contribution in [0.4, 0.5) is 0 Å². The first-order chi connectivity index (χ1) is 10.1. The highest BCUT2D eigenvalue weighted by Gasteiger charge is 2.14. The molecule has 0 fully saturated rings. The number of alkyl halides is 1. The molecule has 108 valence electrons. The minimum absolute atomic E-state index is 0.380. The van der Waals surface area contributed by atoms with Crippen LogP contribution in [-0.2, 0) is 12.3 Å². The van der Waals surface area contributed by atoms with E-state index in [0.717, 1.165) is 37.9 Å². The van der Waals surface area contributed by atoms with Gasteiger partial charge in [-0.1, -0.05) is 38.8 Å². The molecule has 3 rings (SSSR count). The van der Waals surface area contributed by atoms with Gasteiger partial charge in [-0.3, -0.25) is 4.57 Å². The summed E-state index contributed by atoms with van der Waals surface area (Å²) in [6, 6.07) is 12.4. The molecule has 0 bridgehead atoms. The summed E-state index contributed by atoms with van der Waals surface area (Å²) in [6.07, 6.45) is 0.949. The first kappa shape index (κ1) is 15.1. The van der Waals surface area contributed by atoms with E-state index in [0.29, 0.717) is 5.88 Å². The van der Waals surface area contributed by atoms with Crippen molar-refractivity contribution in [2.45, 2.75) is 19.2 Å². The number of benzene rings is 2. The Kier molecular flexibility index (Phi) is 4.38. The third-order valence-electron chi connectivity index (χ3n) is 3.47. The molecule has 1 heterocycles. The molecule has 0 amide bonds. The topological polar surface area (TPSA) is 17.8 Å². The summed E-state index contributed by atoms with van der Waals surface area (Å²) in [7, 11) is 0. The smallest absolute Gasteiger partial charge is 0.129 e. The number of nitrogens with zero attached hydrogens (tertiary/aromatic N) is 2. The Morgan fingerprint density at radius 1 is 1.10 bits per heavy atom. The van der Waals surface area contributed by atoms with Crippen molar-refractivity contribution in [3.05, 3.63) is 56.7 Å². The zero-order chi connectivity index (χ0) is 15.0. The van der Waals surface area contributed by atoms with E-state index in [1.54, 1.807) is 0 Å². The molecule has 0 atom stereocenters. The lowest BCUT2D eigenvalue weighted by atomic mass is 10.1. The number of aromatic nitrogens is 2. The third-order valence-corrected chi connectivity index (χ3v) is 4.69. The Labute approximate surface area is 145 Å². The fraction of sp³-hybridized carbons (Fsp3) is 0.188. The largest absolute Gasteiger partial charge is 0.295 e. The van der Waals surface area contributed by atoms with E-state index in [-0.39, 0.29) is 0 Å². The summed E-state index contributed by atoms with van der Waals surface area (Å²) in [5, 5.41) is 0. The molecule has 2 nitrogen and oxygen atoms in total. The van der Waals surface area contributed by atoms with Crippen molar-refractivity contribution in [2.24, 2.45) is 0 Å². The van der Waals surface area contributed by atoms with Crippen LogP contribution in [0, 0.1) is 0 Å². The Balaban J connectivity index is 2.35. The van der Waals surface area contributed by atoms with E-state index >= 15 is 0 Å². The van der Waals surface area contributed by atoms with Crippen LogP contribution in [0.5, 0.6) is 0 Å². The van der Waals surface area contributed by atoms with Crippen LogP contribution < -0.4 is 0 Å². The lowest BCUT2D eigenvalue weighted by molar-refractivity contribution is 0.954. The number of halogens is 3. The maximum Gasteiger partial charge on any atom is 0.129 e. The van der Waals surface area contributed by atoms with Crippen LogP contribution in [0.3, 0.4) is 0 Å². The molecule has 2 aromatic carbocycles. The summed E-state index contributed by atoms with van der Waals surface area (Å²) in [4.78, 5) is 4.64. The zero-order valence-electron chi connectivity index (χ0n) is 11.4. The molecular formula is C16H13Br2ClN2. The standard InChI is InChI=1S/C16H13Br2ClN2/c1-2-10-7-11(17)4-6-14(10)21-15-8-12(18)3-5-13(15)20-16(21)9-19/h3-8H,2,9H2,1H3. The Morgan fingerprint density at radius 3 is 2.52 bits per heavy atom. The highest BCUT2D eigenvalue weighted by atomic mass is 79.9. The number of hydrogen-bond donors (Lipinski definition) is 0. The summed E-state index contributed by atoms with van der Waals surface area (Å²) in [5.41, 5.74) is 4.42. The average molecular weight is 429 g/mol. The normalized spacial score (nSPS) is 11.2. The maximum absolute atomic E-state index is 6.12. The predicted octanol–water partition coefficient (Wildman–Crippen LogP) is 5.85. The van der Waals surface area contributed by atoms with Gasteiger partial charge < -0.3 is 0 Å². The first-order valence-corrected chi connectivity index (χ1v) is 8.77. The van der Waals surface area contributed by atoms with E-state index in [1.165, 1.54) is 5.56 Å². The fourth-order valence-corrected chi connectivity index (χ4v) is 3.45. The van der Waals surface area contributed by atoms with Crippen LogP contribution in [-0.4, -0.2) is 9.55 Å². The monoisotopic (exact) mass is 426 g/mol. The van der Waals surface area contributed by atoms with Gasteiger partial charge in [0.2, 0.25) is 0 Å². The highest BCUT2D eigenvalue weighted by Crippen LogP contribution is 2.29. The summed E-state index contributed by atoms with van der Waals surface area (Å²) in [5.74, 6) is 1.24. The molecule has 0 aliphatic heterocycles. The summed E-state index contributed by atoms with van der Waals surface area (Å²) >= 11 is 13.2. The van der Waals surface area contributed by atoms with Crippen LogP contribution in [0.1, 0.15) is 18.3 Å². The second-order valence-corrected chi connectivity index (χ2v) is 6.86. The van der Waals surface area contributed by atoms with Crippen molar-refractivity contribution in [3.63, 3.8) is 0 Å². The van der Waals surface area contributed by atoms with Gasteiger partial charge in [0.05, 0.1) is 22.6 Å². The van der Waals surface area contributed by atoms with Gasteiger partial charge in [-0.25, -0.2) is 4.98 Å². The van der Waals surface area contributed by atoms with Gasteiger partial charge in [0.1, 0.15) is 5.82 Å². The zero-order valence-corrected chi connectivity index (χ0v) is 15.3. The van der Waals surface area contributed by atoms with Crippen molar-refractivity contribution in [1.82, 2.24) is 9.55 Å². The van der Waals surface area contributed by atoms with Crippen molar-refractivity contribution in [1.29, 1.82) is 0 Å². The van der Waals surface area contributed by atoms with Gasteiger partial charge in [0.25, 0.3) is 0 Å². The molecule has 0 spiro atoms. The number of aryl methyl sites for hydroxylation is 1. The molecule has 0 aliphatic carbocycles. The van der Waals surface area contributed by atoms with Crippen molar-refractivity contribution in [2.75, 3.05) is 0 Å². The Bertz CT molecular complexity index is 811. The van der Waals surface area contributed by atoms with Crippen LogP contribution in [0.25, 0.3) is 16.7 Å². The molecule has 5 heteroatoms. The van der Waals surface area contributed by atoms with Crippen LogP contribution in [0.15, 0.2) is 45.3 Å². The van der Waals surface area contributed by atoms with Crippen LogP contribution in [0.2, 0.25) is 0 Å². The third kappa shape index (κ3) is 2.77. The molecule has 0 unspecified atom stereocenters. The maximum atomic E-state index is 6.12. The predicted molar refractivity (Wildman–Crippen MR) is 95.4 cm³/mol. The molecule has 21 heavy (non-hydrogen) atoms. The van der Waals surface area contributed by atoms with E-state index < -0.39 is 0 Å². The highest BCUT2D eigenvalue weighted by molar-refractivity contribution is 9.10. The van der Waals surface area contributed by atoms with Gasteiger partial charge in [0.15, 0.2) is 0 Å². The van der Waals surface area contributed by atoms with Crippen LogP contribution >= 0.6 is 43.5 Å². The molecule has 3 aromatic rings. The lowest BCUT2D eigenvalue weighted by Gasteiger charge is -2.13. The quantitative estimate of drug-likeness (QED) is 0.479. The van der Waals surface area contributed by atoms with Crippen molar-refractivity contribution in [3.8, 4) is 5.69 Å². The molecule has 0 saturated carbocycles. The lowest BCUT2D eigenvalue weighted by Crippen LogP contribution is -2.03. The van der Waals surface area contributed by atoms with E-state index in [4.69, 9.17) is 11.6 Å². The van der Waals surface area contributed by atoms with Gasteiger partial charge in [-0.2, -0.15) is 0 Å². The molecule has 0 radical (unpaired) electrons. The Hall–Kier alpha value is -0.840. The minimum atomic E-state index is 0.380. The Morgan fingerprint density at radius 2 is 1.81 bits per heavy atom. The van der Waals surface area contributed by atoms with Gasteiger partial charge in [-0.15, -0.1) is 11.6 Å². The van der Waals surface area contributed by atoms with Gasteiger partial charge >= 0.3 is 0 Å². The second-order valence-electron chi connectivity index (χ2n) is 4.76. The number of hydrogen-bond acceptors (Lipinski definition) is 1. The minimum Gasteiger partial charge on any atom is -0.295 e. The second kappa shape index (κ2) is 6.11. The van der Waals surface area contributed by atoms with Crippen molar-refractivity contribution >= 4 is 54.5 Å². The number of imidazole rings is 1. The molecule has 0 aliphatic rings. The molecule has 1 aromatic heterocycles.